The molecule has 0 atom stereocenters. The van der Waals surface area contributed by atoms with E-state index in [1.165, 1.54) is 0 Å². The van der Waals surface area contributed by atoms with Gasteiger partial charge < -0.3 is 0 Å². The summed E-state index contributed by atoms with van der Waals surface area (Å²) in [5, 5.41) is 0. The van der Waals surface area contributed by atoms with E-state index in [1.807, 2.05) is 0 Å². The molecule has 0 aliphatic heterocycles. The number of rotatable bonds is 2. The molecule has 0 saturated heterocycles. The maximum Gasteiger partial charge on any atom is 0.400 e. The first kappa shape index (κ1) is 14.6. The van der Waals surface area contributed by atoms with Crippen LogP contribution in [0.25, 0.3) is 0 Å². The molecule has 0 nitrogen and oxygen atoms in total. The number of hydrogen-bond acceptors (Lipinski definition) is 0. The fourth-order valence-corrected chi connectivity index (χ4v) is 1.09. The van der Waals surface area contributed by atoms with Crippen LogP contribution in [0, 0.1) is 5.41 Å². The van der Waals surface area contributed by atoms with Gasteiger partial charge in [0.05, 0.1) is 0 Å². The lowest BCUT2D eigenvalue weighted by molar-refractivity contribution is -0.105. The topological polar surface area (TPSA) is 0 Å². The van der Waals surface area contributed by atoms with Gasteiger partial charge in [-0.2, -0.15) is 26.3 Å². The lowest BCUT2D eigenvalue weighted by atomic mass is 9.44. The molecule has 0 heterocycles. The molecule has 0 N–H and O–H groups in total. The largest absolute Gasteiger partial charge is 0.400 e. The fourth-order valence-electron chi connectivity index (χ4n) is 1.09. The third-order valence-corrected chi connectivity index (χ3v) is 1.97. The van der Waals surface area contributed by atoms with Gasteiger partial charge in [0, 0.05) is 0 Å². The van der Waals surface area contributed by atoms with E-state index in [-0.39, 0.29) is 6.42 Å². The predicted molar refractivity (Wildman–Crippen MR) is 46.7 cm³/mol. The van der Waals surface area contributed by atoms with Gasteiger partial charge in [0.1, 0.15) is 0 Å². The normalized spacial score (nSPS) is 14.2. The van der Waals surface area contributed by atoms with E-state index in [2.05, 4.69) is 0 Å². The van der Waals surface area contributed by atoms with Gasteiger partial charge in [-0.3, -0.25) is 0 Å². The van der Waals surface area contributed by atoms with Crippen LogP contribution in [-0.2, 0) is 0 Å². The van der Waals surface area contributed by atoms with Crippen molar-refractivity contribution in [3.63, 3.8) is 0 Å². The van der Waals surface area contributed by atoms with Crippen molar-refractivity contribution < 1.29 is 26.3 Å². The van der Waals surface area contributed by atoms with E-state index < -0.39 is 30.6 Å². The Labute approximate surface area is 85.1 Å². The average molecular weight is 234 g/mol. The molecular formula is C8H13BF6. The van der Waals surface area contributed by atoms with Gasteiger partial charge in [-0.15, -0.1) is 0 Å². The van der Waals surface area contributed by atoms with Gasteiger partial charge in [0.15, 0.2) is 0 Å². The van der Waals surface area contributed by atoms with Gasteiger partial charge in [-0.1, -0.05) is 33.5 Å². The second kappa shape index (κ2) is 4.25. The van der Waals surface area contributed by atoms with Crippen LogP contribution in [0.2, 0.25) is 6.32 Å². The van der Waals surface area contributed by atoms with Crippen LogP contribution in [0.4, 0.5) is 26.3 Å². The van der Waals surface area contributed by atoms with Crippen molar-refractivity contribution in [2.24, 2.45) is 5.41 Å². The van der Waals surface area contributed by atoms with Crippen LogP contribution in [0.5, 0.6) is 0 Å². The van der Waals surface area contributed by atoms with Gasteiger partial charge >= 0.3 is 18.9 Å². The maximum atomic E-state index is 12.1. The third kappa shape index (κ3) is 5.94. The van der Waals surface area contributed by atoms with Crippen molar-refractivity contribution in [3.05, 3.63) is 0 Å². The molecule has 0 bridgehead atoms. The molecule has 0 fully saturated rings. The van der Waals surface area contributed by atoms with E-state index in [0.29, 0.717) is 0 Å². The lowest BCUT2D eigenvalue weighted by Crippen LogP contribution is -2.47. The second-order valence-electron chi connectivity index (χ2n) is 4.74. The zero-order valence-electron chi connectivity index (χ0n) is 8.76. The number of halogens is 6. The second-order valence-corrected chi connectivity index (χ2v) is 4.74. The molecule has 90 valence electrons. The molecular weight excluding hydrogens is 221 g/mol. The van der Waals surface area contributed by atoms with Crippen molar-refractivity contribution in [3.8, 4) is 0 Å². The van der Waals surface area contributed by atoms with E-state index in [1.54, 1.807) is 20.8 Å². The fraction of sp³-hybridized carbons (Fsp3) is 1.00. The first-order valence-electron chi connectivity index (χ1n) is 4.47. The minimum Gasteiger partial charge on any atom is -0.181 e. The van der Waals surface area contributed by atoms with Crippen LogP contribution < -0.4 is 0 Å². The first-order chi connectivity index (χ1) is 6.34. The zero-order valence-corrected chi connectivity index (χ0v) is 8.76. The molecule has 0 rings (SSSR count). The molecule has 7 heteroatoms. The number of hydrogen-bond donors (Lipinski definition) is 0. The minimum atomic E-state index is -5.20. The van der Waals surface area contributed by atoms with Gasteiger partial charge in [-0.05, 0) is 5.41 Å². The lowest BCUT2D eigenvalue weighted by Gasteiger charge is -2.24. The first-order valence-corrected chi connectivity index (χ1v) is 4.47. The summed E-state index contributed by atoms with van der Waals surface area (Å²) >= 11 is 0. The SMILES string of the molecule is CC(C)(C)CCB(C(F)(F)F)C(F)(F)F. The summed E-state index contributed by atoms with van der Waals surface area (Å²) in [4.78, 5) is 0. The van der Waals surface area contributed by atoms with Gasteiger partial charge in [0.25, 0.3) is 0 Å². The van der Waals surface area contributed by atoms with Crippen molar-refractivity contribution in [1.29, 1.82) is 0 Å². The van der Waals surface area contributed by atoms with Gasteiger partial charge in [-0.25, -0.2) is 0 Å². The quantitative estimate of drug-likeness (QED) is 0.497. The monoisotopic (exact) mass is 234 g/mol. The summed E-state index contributed by atoms with van der Waals surface area (Å²) in [5.74, 6) is 0. The van der Waals surface area contributed by atoms with E-state index in [0.717, 1.165) is 0 Å². The summed E-state index contributed by atoms with van der Waals surface area (Å²) in [6.45, 7) is 1.62. The Morgan fingerprint density at radius 3 is 1.33 bits per heavy atom. The molecule has 0 aliphatic rings. The molecule has 0 unspecified atom stereocenters. The van der Waals surface area contributed by atoms with Crippen molar-refractivity contribution in [1.82, 2.24) is 0 Å². The van der Waals surface area contributed by atoms with Crippen LogP contribution in [0.1, 0.15) is 27.2 Å². The smallest absolute Gasteiger partial charge is 0.181 e. The Morgan fingerprint density at radius 2 is 1.13 bits per heavy atom. The Bertz CT molecular complexity index is 185. The molecule has 0 aliphatic carbocycles. The summed E-state index contributed by atoms with van der Waals surface area (Å²) in [5.41, 5.74) is -0.533. The Balaban J connectivity index is 4.56. The summed E-state index contributed by atoms with van der Waals surface area (Å²) in [6.07, 6.45) is -11.4. The van der Waals surface area contributed by atoms with Crippen molar-refractivity contribution in [2.45, 2.75) is 45.7 Å². The van der Waals surface area contributed by atoms with Crippen molar-refractivity contribution >= 4 is 6.71 Å². The summed E-state index contributed by atoms with van der Waals surface area (Å²) < 4.78 is 72.4. The molecule has 15 heavy (non-hydrogen) atoms. The highest BCUT2D eigenvalue weighted by atomic mass is 19.4. The summed E-state index contributed by atoms with van der Waals surface area (Å²) in [7, 11) is 0. The zero-order chi connectivity index (χ0) is 12.5. The molecule has 0 spiro atoms. The van der Waals surface area contributed by atoms with Crippen LogP contribution in [0.3, 0.4) is 0 Å². The standard InChI is InChI=1S/C8H13BF6/c1-6(2,3)4-5-9(7(10,11)12)8(13,14)15/h4-5H2,1-3H3. The van der Waals surface area contributed by atoms with E-state index >= 15 is 0 Å². The molecule has 0 saturated carbocycles. The Morgan fingerprint density at radius 1 is 0.800 bits per heavy atom. The van der Waals surface area contributed by atoms with E-state index in [4.69, 9.17) is 0 Å². The van der Waals surface area contributed by atoms with Gasteiger partial charge in [0.2, 0.25) is 0 Å². The Kier molecular flexibility index (Phi) is 4.15. The molecule has 0 amide bonds. The van der Waals surface area contributed by atoms with Crippen LogP contribution in [0.15, 0.2) is 0 Å². The maximum absolute atomic E-state index is 12.1. The van der Waals surface area contributed by atoms with E-state index in [9.17, 15) is 26.3 Å². The summed E-state index contributed by atoms with van der Waals surface area (Å²) in [6, 6.07) is 0. The van der Waals surface area contributed by atoms with Crippen molar-refractivity contribution in [2.75, 3.05) is 0 Å². The highest BCUT2D eigenvalue weighted by molar-refractivity contribution is 6.63. The Hall–Kier alpha value is -0.355. The highest BCUT2D eigenvalue weighted by Crippen LogP contribution is 2.37. The number of alkyl halides is 6. The minimum absolute atomic E-state index is 0.114. The molecule has 0 radical (unpaired) electrons. The molecule has 0 aromatic heterocycles. The highest BCUT2D eigenvalue weighted by Gasteiger charge is 2.60. The molecule has 0 aromatic rings. The predicted octanol–water partition coefficient (Wildman–Crippen LogP) is 4.12. The average Bonchev–Trinajstić information content (AvgIpc) is 1.75. The van der Waals surface area contributed by atoms with Crippen LogP contribution >= 0.6 is 0 Å². The van der Waals surface area contributed by atoms with Crippen LogP contribution in [-0.4, -0.2) is 18.9 Å². The third-order valence-electron chi connectivity index (χ3n) is 1.97. The molecule has 0 aromatic carbocycles.